The maximum atomic E-state index is 11.4. The highest BCUT2D eigenvalue weighted by Gasteiger charge is 2.43. The fourth-order valence-corrected chi connectivity index (χ4v) is 2.10. The zero-order valence-electron chi connectivity index (χ0n) is 9.54. The Balaban J connectivity index is 2.93. The van der Waals surface area contributed by atoms with Crippen molar-refractivity contribution in [3.05, 3.63) is 24.2 Å². The van der Waals surface area contributed by atoms with E-state index in [1.165, 1.54) is 6.26 Å². The van der Waals surface area contributed by atoms with E-state index in [1.54, 1.807) is 19.1 Å². The van der Waals surface area contributed by atoms with Crippen molar-refractivity contribution >= 4 is 11.1 Å². The van der Waals surface area contributed by atoms with Crippen LogP contribution in [0.1, 0.15) is 12.7 Å². The van der Waals surface area contributed by atoms with Crippen molar-refractivity contribution < 1.29 is 23.0 Å². The minimum Gasteiger partial charge on any atom is -0.469 e. The van der Waals surface area contributed by atoms with E-state index in [0.717, 1.165) is 0 Å². The molecular formula is C10H17NO5S. The smallest absolute Gasteiger partial charge is 0.166 e. The summed E-state index contributed by atoms with van der Waals surface area (Å²) in [6.45, 7) is 2.00. The lowest BCUT2D eigenvalue weighted by Crippen LogP contribution is -2.56. The van der Waals surface area contributed by atoms with E-state index in [1.807, 2.05) is 0 Å². The number of ether oxygens (including phenoxy) is 1. The summed E-state index contributed by atoms with van der Waals surface area (Å²) >= 11 is -2.34. The molecule has 7 heteroatoms. The molecule has 1 heterocycles. The normalized spacial score (nSPS) is 18.6. The zero-order chi connectivity index (χ0) is 12.9. The van der Waals surface area contributed by atoms with Crippen LogP contribution in [-0.4, -0.2) is 38.1 Å². The molecule has 0 aliphatic carbocycles. The van der Waals surface area contributed by atoms with Crippen LogP contribution >= 0.6 is 0 Å². The maximum Gasteiger partial charge on any atom is 0.166 e. The summed E-state index contributed by atoms with van der Waals surface area (Å²) in [7, 11) is 0. The molecule has 1 rings (SSSR count). The van der Waals surface area contributed by atoms with Crippen molar-refractivity contribution in [2.24, 2.45) is 5.73 Å². The Kier molecular flexibility index (Phi) is 5.29. The minimum atomic E-state index is -2.34. The van der Waals surface area contributed by atoms with Crippen LogP contribution in [0.2, 0.25) is 0 Å². The van der Waals surface area contributed by atoms with Gasteiger partial charge in [0.1, 0.15) is 16.7 Å². The first kappa shape index (κ1) is 14.3. The standard InChI is InChI=1S/C10H17NO5S/c1-2-15-7-10(9(11)12,17(13)14)6-8-4-3-5-16-8/h3-5,9,12H,2,6-7,11H2,1H3,(H,13,14)/t9-,10+/m0/s1. The third kappa shape index (κ3) is 3.36. The van der Waals surface area contributed by atoms with Gasteiger partial charge in [-0.1, -0.05) is 0 Å². The highest BCUT2D eigenvalue weighted by atomic mass is 32.2. The number of aliphatic hydroxyl groups excluding tert-OH is 1. The maximum absolute atomic E-state index is 11.4. The van der Waals surface area contributed by atoms with Crippen LogP contribution in [0.5, 0.6) is 0 Å². The van der Waals surface area contributed by atoms with Crippen molar-refractivity contribution in [1.82, 2.24) is 0 Å². The largest absolute Gasteiger partial charge is 0.469 e. The molecule has 0 fully saturated rings. The molecule has 0 amide bonds. The molecule has 0 spiro atoms. The molecule has 0 saturated heterocycles. The molecule has 6 nitrogen and oxygen atoms in total. The SMILES string of the molecule is CCOC[C@](Cc1ccco1)([C@@H](N)O)S(=O)O. The summed E-state index contributed by atoms with van der Waals surface area (Å²) < 4.78 is 29.6. The molecule has 0 aromatic carbocycles. The van der Waals surface area contributed by atoms with Gasteiger partial charge in [-0.3, -0.25) is 0 Å². The van der Waals surface area contributed by atoms with Crippen LogP contribution in [0, 0.1) is 0 Å². The fourth-order valence-electron chi connectivity index (χ4n) is 1.44. The second-order valence-corrected chi connectivity index (χ2v) is 4.96. The lowest BCUT2D eigenvalue weighted by molar-refractivity contribution is 0.0473. The average Bonchev–Trinajstić information content (AvgIpc) is 2.75. The van der Waals surface area contributed by atoms with Crippen molar-refractivity contribution in [2.75, 3.05) is 13.2 Å². The average molecular weight is 263 g/mol. The number of furan rings is 1. The van der Waals surface area contributed by atoms with Crippen molar-refractivity contribution in [3.63, 3.8) is 0 Å². The Morgan fingerprint density at radius 2 is 2.41 bits per heavy atom. The lowest BCUT2D eigenvalue weighted by atomic mass is 10.0. The second-order valence-electron chi connectivity index (χ2n) is 3.65. The highest BCUT2D eigenvalue weighted by Crippen LogP contribution is 2.23. The number of rotatable bonds is 7. The van der Waals surface area contributed by atoms with Crippen LogP contribution in [0.3, 0.4) is 0 Å². The molecular weight excluding hydrogens is 246 g/mol. The first-order chi connectivity index (χ1) is 8.03. The molecule has 17 heavy (non-hydrogen) atoms. The van der Waals surface area contributed by atoms with Gasteiger partial charge >= 0.3 is 0 Å². The minimum absolute atomic E-state index is 0.0285. The Bertz CT molecular complexity index is 354. The van der Waals surface area contributed by atoms with Crippen LogP contribution in [0.15, 0.2) is 22.8 Å². The van der Waals surface area contributed by atoms with Gasteiger partial charge in [-0.25, -0.2) is 4.21 Å². The number of nitrogens with two attached hydrogens (primary N) is 1. The molecule has 3 atom stereocenters. The predicted octanol–water partition coefficient (Wildman–Crippen LogP) is 0.0962. The first-order valence-corrected chi connectivity index (χ1v) is 6.28. The van der Waals surface area contributed by atoms with Crippen LogP contribution < -0.4 is 5.73 Å². The third-order valence-corrected chi connectivity index (χ3v) is 3.69. The molecule has 1 aromatic rings. The van der Waals surface area contributed by atoms with E-state index in [2.05, 4.69) is 0 Å². The van der Waals surface area contributed by atoms with E-state index in [9.17, 15) is 13.9 Å². The van der Waals surface area contributed by atoms with Crippen LogP contribution in [0.4, 0.5) is 0 Å². The first-order valence-electron chi connectivity index (χ1n) is 5.17. The van der Waals surface area contributed by atoms with Crippen molar-refractivity contribution in [3.8, 4) is 0 Å². The monoisotopic (exact) mass is 263 g/mol. The summed E-state index contributed by atoms with van der Waals surface area (Å²) in [5, 5.41) is 9.56. The molecule has 98 valence electrons. The topological polar surface area (TPSA) is 106 Å². The third-order valence-electron chi connectivity index (χ3n) is 2.49. The summed E-state index contributed by atoms with van der Waals surface area (Å²) in [6.07, 6.45) is -0.00457. The van der Waals surface area contributed by atoms with E-state index in [0.29, 0.717) is 12.4 Å². The molecule has 0 aliphatic heterocycles. The number of aliphatic hydroxyl groups is 1. The summed E-state index contributed by atoms with van der Waals surface area (Å²) in [4.78, 5) is 0. The zero-order valence-corrected chi connectivity index (χ0v) is 10.4. The van der Waals surface area contributed by atoms with Gasteiger partial charge in [0.15, 0.2) is 11.1 Å². The summed E-state index contributed by atoms with van der Waals surface area (Å²) in [5.41, 5.74) is 5.41. The number of hydrogen-bond acceptors (Lipinski definition) is 5. The van der Waals surface area contributed by atoms with Gasteiger partial charge < -0.3 is 24.5 Å². The van der Waals surface area contributed by atoms with Crippen LogP contribution in [-0.2, 0) is 22.2 Å². The summed E-state index contributed by atoms with van der Waals surface area (Å²) in [5.74, 6) is 0.469. The fraction of sp³-hybridized carbons (Fsp3) is 0.600. The molecule has 1 unspecified atom stereocenters. The molecule has 4 N–H and O–H groups in total. The summed E-state index contributed by atoms with van der Waals surface area (Å²) in [6, 6.07) is 3.31. The van der Waals surface area contributed by atoms with Gasteiger partial charge in [-0.2, -0.15) is 0 Å². The van der Waals surface area contributed by atoms with Crippen molar-refractivity contribution in [1.29, 1.82) is 0 Å². The molecule has 0 bridgehead atoms. The number of hydrogen-bond donors (Lipinski definition) is 3. The second kappa shape index (κ2) is 6.27. The Hall–Kier alpha value is -0.730. The lowest BCUT2D eigenvalue weighted by Gasteiger charge is -2.31. The van der Waals surface area contributed by atoms with Crippen molar-refractivity contribution in [2.45, 2.75) is 24.3 Å². The van der Waals surface area contributed by atoms with E-state index >= 15 is 0 Å². The highest BCUT2D eigenvalue weighted by molar-refractivity contribution is 7.80. The Morgan fingerprint density at radius 3 is 2.82 bits per heavy atom. The Labute approximate surface area is 102 Å². The Morgan fingerprint density at radius 1 is 1.71 bits per heavy atom. The molecule has 0 aliphatic rings. The van der Waals surface area contributed by atoms with Gasteiger partial charge in [0.25, 0.3) is 0 Å². The molecule has 0 radical (unpaired) electrons. The van der Waals surface area contributed by atoms with Gasteiger partial charge in [-0.05, 0) is 19.1 Å². The van der Waals surface area contributed by atoms with Gasteiger partial charge in [-0.15, -0.1) is 0 Å². The van der Waals surface area contributed by atoms with E-state index in [4.69, 9.17) is 14.9 Å². The van der Waals surface area contributed by atoms with E-state index in [-0.39, 0.29) is 13.0 Å². The van der Waals surface area contributed by atoms with Gasteiger partial charge in [0.05, 0.1) is 12.9 Å². The van der Waals surface area contributed by atoms with Gasteiger partial charge in [0.2, 0.25) is 0 Å². The van der Waals surface area contributed by atoms with Crippen LogP contribution in [0.25, 0.3) is 0 Å². The molecule has 0 saturated carbocycles. The van der Waals surface area contributed by atoms with Gasteiger partial charge in [0, 0.05) is 13.0 Å². The van der Waals surface area contributed by atoms with E-state index < -0.39 is 22.1 Å². The quantitative estimate of drug-likeness (QED) is 0.476. The predicted molar refractivity (Wildman–Crippen MR) is 62.6 cm³/mol. The molecule has 1 aromatic heterocycles.